The van der Waals surface area contributed by atoms with Crippen LogP contribution < -0.4 is 5.32 Å². The van der Waals surface area contributed by atoms with Crippen LogP contribution in [-0.2, 0) is 19.1 Å². The smallest absolute Gasteiger partial charge is 0.333 e. The summed E-state index contributed by atoms with van der Waals surface area (Å²) in [5.41, 5.74) is 0.466. The highest BCUT2D eigenvalue weighted by Crippen LogP contribution is 2.21. The number of amides is 2. The Hall–Kier alpha value is -1.89. The van der Waals surface area contributed by atoms with E-state index in [2.05, 4.69) is 24.1 Å². The molecule has 1 saturated heterocycles. The predicted octanol–water partition coefficient (Wildman–Crippen LogP) is 2.75. The summed E-state index contributed by atoms with van der Waals surface area (Å²) < 4.78 is 4.97. The van der Waals surface area contributed by atoms with Gasteiger partial charge in [-0.2, -0.15) is 0 Å². The first-order valence-corrected chi connectivity index (χ1v) is 11.3. The van der Waals surface area contributed by atoms with Crippen LogP contribution in [0.4, 0.5) is 0 Å². The van der Waals surface area contributed by atoms with Gasteiger partial charge in [0.25, 0.3) is 0 Å². The average molecular weight is 424 g/mol. The minimum atomic E-state index is -0.598. The van der Waals surface area contributed by atoms with Crippen molar-refractivity contribution in [2.45, 2.75) is 85.4 Å². The van der Waals surface area contributed by atoms with Crippen molar-refractivity contribution in [1.29, 1.82) is 0 Å². The van der Waals surface area contributed by atoms with Crippen molar-refractivity contribution in [2.24, 2.45) is 5.92 Å². The van der Waals surface area contributed by atoms with Crippen molar-refractivity contribution >= 4 is 17.8 Å². The van der Waals surface area contributed by atoms with E-state index in [9.17, 15) is 14.4 Å². The van der Waals surface area contributed by atoms with Crippen LogP contribution in [0.3, 0.4) is 0 Å². The fourth-order valence-electron chi connectivity index (χ4n) is 3.69. The van der Waals surface area contributed by atoms with Gasteiger partial charge in [0.2, 0.25) is 11.8 Å². The highest BCUT2D eigenvalue weighted by Gasteiger charge is 2.34. The van der Waals surface area contributed by atoms with Crippen LogP contribution in [0.5, 0.6) is 0 Å². The van der Waals surface area contributed by atoms with E-state index in [1.54, 1.807) is 31.9 Å². The molecule has 0 saturated carbocycles. The molecule has 0 aromatic rings. The van der Waals surface area contributed by atoms with Crippen molar-refractivity contribution in [3.63, 3.8) is 0 Å². The first-order chi connectivity index (χ1) is 14.1. The number of esters is 1. The van der Waals surface area contributed by atoms with E-state index in [0.717, 1.165) is 32.2 Å². The lowest BCUT2D eigenvalue weighted by atomic mass is 9.96. The van der Waals surface area contributed by atoms with Crippen LogP contribution >= 0.6 is 0 Å². The molecule has 30 heavy (non-hydrogen) atoms. The van der Waals surface area contributed by atoms with Gasteiger partial charge in [0.05, 0.1) is 12.6 Å². The summed E-state index contributed by atoms with van der Waals surface area (Å²) in [7, 11) is 1.69. The van der Waals surface area contributed by atoms with Crippen molar-refractivity contribution in [3.05, 3.63) is 11.6 Å². The molecule has 7 heteroatoms. The average Bonchev–Trinajstić information content (AvgIpc) is 2.74. The number of likely N-dealkylation sites (N-methyl/N-ethyl adjacent to an activating group) is 1. The Kier molecular flexibility index (Phi) is 11.1. The van der Waals surface area contributed by atoms with E-state index < -0.39 is 6.04 Å². The van der Waals surface area contributed by atoms with Gasteiger partial charge in [0.15, 0.2) is 0 Å². The number of likely N-dealkylation sites (tertiary alicyclic amines) is 1. The van der Waals surface area contributed by atoms with Gasteiger partial charge in [-0.1, -0.05) is 33.3 Å². The molecule has 172 valence electrons. The standard InChI is InChI=1S/C23H41N3O4/c1-8-18(6)26-14-11-10-12-19(26)21(27)24-20(16(3)4)22(28)25(7)15-13-17(5)23(29)30-9-2/h13,16,18-20H,8-12,14-15H2,1-7H3,(H,24,27)/b17-13+. The summed E-state index contributed by atoms with van der Waals surface area (Å²) in [4.78, 5) is 41.7. The molecule has 1 fully saturated rings. The molecule has 1 aliphatic rings. The Labute approximate surface area is 182 Å². The third-order valence-corrected chi connectivity index (χ3v) is 5.88. The van der Waals surface area contributed by atoms with Gasteiger partial charge in [-0.05, 0) is 52.5 Å². The monoisotopic (exact) mass is 423 g/mol. The van der Waals surface area contributed by atoms with Crippen LogP contribution in [0.2, 0.25) is 0 Å². The number of carbonyl (C=O) groups excluding carboxylic acids is 3. The molecule has 0 radical (unpaired) electrons. The Morgan fingerprint density at radius 3 is 2.43 bits per heavy atom. The summed E-state index contributed by atoms with van der Waals surface area (Å²) in [6, 6.07) is -0.438. The molecular weight excluding hydrogens is 382 g/mol. The second-order valence-electron chi connectivity index (χ2n) is 8.56. The third kappa shape index (κ3) is 7.42. The second kappa shape index (κ2) is 12.7. The number of rotatable bonds is 10. The number of hydrogen-bond acceptors (Lipinski definition) is 5. The molecule has 0 spiro atoms. The lowest BCUT2D eigenvalue weighted by molar-refractivity contribution is -0.139. The molecule has 3 atom stereocenters. The van der Waals surface area contributed by atoms with E-state index in [-0.39, 0.29) is 36.3 Å². The van der Waals surface area contributed by atoms with Gasteiger partial charge < -0.3 is 15.0 Å². The second-order valence-corrected chi connectivity index (χ2v) is 8.56. The Balaban J connectivity index is 2.82. The van der Waals surface area contributed by atoms with E-state index in [4.69, 9.17) is 4.74 Å². The maximum Gasteiger partial charge on any atom is 0.333 e. The van der Waals surface area contributed by atoms with E-state index >= 15 is 0 Å². The maximum atomic E-state index is 13.1. The minimum Gasteiger partial charge on any atom is -0.463 e. The first-order valence-electron chi connectivity index (χ1n) is 11.3. The van der Waals surface area contributed by atoms with Crippen LogP contribution in [0.15, 0.2) is 11.6 Å². The number of nitrogens with one attached hydrogen (secondary N) is 1. The topological polar surface area (TPSA) is 79.0 Å². The zero-order valence-corrected chi connectivity index (χ0v) is 19.9. The quantitative estimate of drug-likeness (QED) is 0.432. The van der Waals surface area contributed by atoms with Crippen LogP contribution in [-0.4, -0.2) is 72.5 Å². The molecular formula is C23H41N3O4. The zero-order valence-electron chi connectivity index (χ0n) is 19.9. The molecule has 0 aromatic heterocycles. The van der Waals surface area contributed by atoms with E-state index in [1.165, 1.54) is 0 Å². The molecule has 0 bridgehead atoms. The molecule has 1 rings (SSSR count). The normalized spacial score (nSPS) is 19.9. The lowest BCUT2D eigenvalue weighted by Crippen LogP contribution is -2.58. The largest absolute Gasteiger partial charge is 0.463 e. The van der Waals surface area contributed by atoms with Gasteiger partial charge >= 0.3 is 5.97 Å². The van der Waals surface area contributed by atoms with Crippen molar-refractivity contribution < 1.29 is 19.1 Å². The van der Waals surface area contributed by atoms with Gasteiger partial charge in [0, 0.05) is 25.2 Å². The maximum absolute atomic E-state index is 13.1. The first kappa shape index (κ1) is 26.1. The highest BCUT2D eigenvalue weighted by molar-refractivity contribution is 5.90. The minimum absolute atomic E-state index is 0.0420. The molecule has 0 aliphatic carbocycles. The predicted molar refractivity (Wildman–Crippen MR) is 119 cm³/mol. The van der Waals surface area contributed by atoms with Crippen LogP contribution in [0, 0.1) is 5.92 Å². The highest BCUT2D eigenvalue weighted by atomic mass is 16.5. The Morgan fingerprint density at radius 1 is 1.20 bits per heavy atom. The fraction of sp³-hybridized carbons (Fsp3) is 0.783. The summed E-state index contributed by atoms with van der Waals surface area (Å²) in [6.45, 7) is 13.1. The molecule has 1 aliphatic heterocycles. The van der Waals surface area contributed by atoms with Gasteiger partial charge in [0.1, 0.15) is 6.04 Å². The van der Waals surface area contributed by atoms with Gasteiger partial charge in [-0.25, -0.2) is 4.79 Å². The summed E-state index contributed by atoms with van der Waals surface area (Å²) in [5.74, 6) is -0.639. The van der Waals surface area contributed by atoms with Gasteiger partial charge in [-0.15, -0.1) is 0 Å². The van der Waals surface area contributed by atoms with Crippen LogP contribution in [0.1, 0.15) is 67.2 Å². The van der Waals surface area contributed by atoms with E-state index in [0.29, 0.717) is 18.2 Å². The van der Waals surface area contributed by atoms with Crippen LogP contribution in [0.25, 0.3) is 0 Å². The van der Waals surface area contributed by atoms with Crippen molar-refractivity contribution in [3.8, 4) is 0 Å². The Bertz CT molecular complexity index is 618. The fourth-order valence-corrected chi connectivity index (χ4v) is 3.69. The molecule has 2 amide bonds. The number of piperidine rings is 1. The SMILES string of the molecule is CCOC(=O)/C(C)=C/CN(C)C(=O)C(NC(=O)C1CCCCN1C(C)CC)C(C)C. The Morgan fingerprint density at radius 2 is 1.87 bits per heavy atom. The summed E-state index contributed by atoms with van der Waals surface area (Å²) in [5, 5.41) is 3.02. The molecule has 7 nitrogen and oxygen atoms in total. The number of ether oxygens (including phenoxy) is 1. The zero-order chi connectivity index (χ0) is 22.8. The number of nitrogens with zero attached hydrogens (tertiary/aromatic N) is 2. The van der Waals surface area contributed by atoms with Gasteiger partial charge in [-0.3, -0.25) is 14.5 Å². The van der Waals surface area contributed by atoms with Crippen molar-refractivity contribution in [2.75, 3.05) is 26.7 Å². The van der Waals surface area contributed by atoms with E-state index in [1.807, 2.05) is 13.8 Å². The molecule has 0 aromatic carbocycles. The number of hydrogen-bond donors (Lipinski definition) is 1. The number of carbonyl (C=O) groups is 3. The molecule has 1 heterocycles. The molecule has 1 N–H and O–H groups in total. The summed E-state index contributed by atoms with van der Waals surface area (Å²) in [6.07, 6.45) is 5.64. The van der Waals surface area contributed by atoms with Crippen molar-refractivity contribution in [1.82, 2.24) is 15.1 Å². The third-order valence-electron chi connectivity index (χ3n) is 5.88. The summed E-state index contributed by atoms with van der Waals surface area (Å²) >= 11 is 0. The lowest BCUT2D eigenvalue weighted by Gasteiger charge is -2.39. The molecule has 3 unspecified atom stereocenters.